The molecule has 0 aliphatic rings. The second-order valence-electron chi connectivity index (χ2n) is 3.72. The minimum Gasteiger partial charge on any atom is -0.399 e. The third-order valence-corrected chi connectivity index (χ3v) is 3.34. The molecule has 0 spiro atoms. The Morgan fingerprint density at radius 1 is 1.06 bits per heavy atom. The van der Waals surface area contributed by atoms with E-state index in [1.54, 1.807) is 6.07 Å². The van der Waals surface area contributed by atoms with Gasteiger partial charge in [0.15, 0.2) is 11.6 Å². The number of rotatable bonds is 3. The van der Waals surface area contributed by atoms with Gasteiger partial charge in [-0.05, 0) is 24.3 Å². The van der Waals surface area contributed by atoms with E-state index in [-0.39, 0.29) is 11.3 Å². The van der Waals surface area contributed by atoms with Crippen LogP contribution in [0.5, 0.6) is 0 Å². The summed E-state index contributed by atoms with van der Waals surface area (Å²) >= 11 is 1.20. The van der Waals surface area contributed by atoms with Gasteiger partial charge in [-0.1, -0.05) is 12.1 Å². The summed E-state index contributed by atoms with van der Waals surface area (Å²) in [5, 5.41) is 0. The van der Waals surface area contributed by atoms with Crippen LogP contribution in [0.3, 0.4) is 0 Å². The van der Waals surface area contributed by atoms with Gasteiger partial charge >= 0.3 is 0 Å². The summed E-state index contributed by atoms with van der Waals surface area (Å²) in [7, 11) is 0. The number of halogens is 3. The molecule has 2 aromatic carbocycles. The number of hydrogen-bond donors (Lipinski definition) is 1. The molecule has 1 nitrogen and oxygen atoms in total. The molecule has 2 rings (SSSR count). The third kappa shape index (κ3) is 2.98. The van der Waals surface area contributed by atoms with Crippen LogP contribution in [0, 0.1) is 17.5 Å². The topological polar surface area (TPSA) is 26.0 Å². The highest BCUT2D eigenvalue weighted by molar-refractivity contribution is 7.98. The highest BCUT2D eigenvalue weighted by Gasteiger charge is 2.08. The fourth-order valence-electron chi connectivity index (χ4n) is 1.49. The lowest BCUT2D eigenvalue weighted by molar-refractivity contribution is 0.502. The van der Waals surface area contributed by atoms with E-state index in [0.29, 0.717) is 10.6 Å². The Morgan fingerprint density at radius 3 is 2.56 bits per heavy atom. The summed E-state index contributed by atoms with van der Waals surface area (Å²) < 4.78 is 39.4. The SMILES string of the molecule is Nc1cc(F)cc(SCc2cccc(F)c2F)c1. The van der Waals surface area contributed by atoms with Gasteiger partial charge in [-0.25, -0.2) is 13.2 Å². The van der Waals surface area contributed by atoms with E-state index < -0.39 is 17.5 Å². The van der Waals surface area contributed by atoms with E-state index >= 15 is 0 Å². The zero-order valence-electron chi connectivity index (χ0n) is 9.29. The van der Waals surface area contributed by atoms with Crippen LogP contribution in [0.15, 0.2) is 41.3 Å². The van der Waals surface area contributed by atoms with E-state index in [1.165, 1.54) is 36.0 Å². The minimum atomic E-state index is -0.883. The second-order valence-corrected chi connectivity index (χ2v) is 4.77. The van der Waals surface area contributed by atoms with E-state index in [4.69, 9.17) is 5.73 Å². The summed E-state index contributed by atoms with van der Waals surface area (Å²) in [6.07, 6.45) is 0. The van der Waals surface area contributed by atoms with Crippen molar-refractivity contribution in [2.45, 2.75) is 10.6 Å². The lowest BCUT2D eigenvalue weighted by atomic mass is 10.2. The maximum absolute atomic E-state index is 13.4. The molecule has 0 heterocycles. The van der Waals surface area contributed by atoms with Crippen molar-refractivity contribution in [1.82, 2.24) is 0 Å². The smallest absolute Gasteiger partial charge is 0.162 e. The molecule has 0 saturated heterocycles. The van der Waals surface area contributed by atoms with Crippen LogP contribution in [0.25, 0.3) is 0 Å². The molecule has 0 aliphatic carbocycles. The van der Waals surface area contributed by atoms with Crippen molar-refractivity contribution in [3.05, 3.63) is 59.4 Å². The molecular weight excluding hydrogens is 259 g/mol. The van der Waals surface area contributed by atoms with Gasteiger partial charge in [0.2, 0.25) is 0 Å². The van der Waals surface area contributed by atoms with Crippen molar-refractivity contribution < 1.29 is 13.2 Å². The van der Waals surface area contributed by atoms with E-state index in [1.807, 2.05) is 0 Å². The molecule has 0 atom stereocenters. The van der Waals surface area contributed by atoms with Crippen molar-refractivity contribution in [3.63, 3.8) is 0 Å². The molecule has 5 heteroatoms. The molecule has 0 amide bonds. The lowest BCUT2D eigenvalue weighted by Crippen LogP contribution is -1.92. The van der Waals surface area contributed by atoms with Gasteiger partial charge in [0.1, 0.15) is 5.82 Å². The van der Waals surface area contributed by atoms with Crippen LogP contribution in [-0.2, 0) is 5.75 Å². The zero-order chi connectivity index (χ0) is 13.1. The highest BCUT2D eigenvalue weighted by atomic mass is 32.2. The van der Waals surface area contributed by atoms with Crippen molar-refractivity contribution in [1.29, 1.82) is 0 Å². The predicted molar refractivity (Wildman–Crippen MR) is 66.7 cm³/mol. The maximum Gasteiger partial charge on any atom is 0.162 e. The van der Waals surface area contributed by atoms with E-state index in [0.717, 1.165) is 6.07 Å². The van der Waals surface area contributed by atoms with Gasteiger partial charge in [0.25, 0.3) is 0 Å². The molecule has 0 fully saturated rings. The van der Waals surface area contributed by atoms with Gasteiger partial charge in [0, 0.05) is 21.9 Å². The molecule has 0 aliphatic heterocycles. The predicted octanol–water partition coefficient (Wildman–Crippen LogP) is 3.98. The summed E-state index contributed by atoms with van der Waals surface area (Å²) in [6.45, 7) is 0. The molecule has 2 N–H and O–H groups in total. The Labute approximate surface area is 107 Å². The Kier molecular flexibility index (Phi) is 3.81. The summed E-state index contributed by atoms with van der Waals surface area (Å²) in [5.74, 6) is -1.98. The fourth-order valence-corrected chi connectivity index (χ4v) is 2.45. The summed E-state index contributed by atoms with van der Waals surface area (Å²) in [6, 6.07) is 8.09. The molecule has 0 bridgehead atoms. The zero-order valence-corrected chi connectivity index (χ0v) is 10.1. The first-order valence-electron chi connectivity index (χ1n) is 5.18. The first-order valence-corrected chi connectivity index (χ1v) is 6.16. The average molecular weight is 269 g/mol. The fraction of sp³-hybridized carbons (Fsp3) is 0.0769. The highest BCUT2D eigenvalue weighted by Crippen LogP contribution is 2.27. The quantitative estimate of drug-likeness (QED) is 0.673. The summed E-state index contributed by atoms with van der Waals surface area (Å²) in [5.41, 5.74) is 6.04. The molecule has 2 aromatic rings. The number of thioether (sulfide) groups is 1. The largest absolute Gasteiger partial charge is 0.399 e. The van der Waals surface area contributed by atoms with E-state index in [9.17, 15) is 13.2 Å². The van der Waals surface area contributed by atoms with Crippen molar-refractivity contribution in [2.24, 2.45) is 0 Å². The Balaban J connectivity index is 2.14. The van der Waals surface area contributed by atoms with E-state index in [2.05, 4.69) is 0 Å². The van der Waals surface area contributed by atoms with Crippen LogP contribution < -0.4 is 5.73 Å². The summed E-state index contributed by atoms with van der Waals surface area (Å²) in [4.78, 5) is 0.580. The van der Waals surface area contributed by atoms with Crippen molar-refractivity contribution in [3.8, 4) is 0 Å². The van der Waals surface area contributed by atoms with Crippen molar-refractivity contribution in [2.75, 3.05) is 5.73 Å². The molecule has 0 radical (unpaired) electrons. The van der Waals surface area contributed by atoms with Gasteiger partial charge in [-0.15, -0.1) is 11.8 Å². The molecule has 0 aromatic heterocycles. The van der Waals surface area contributed by atoms with Crippen LogP contribution >= 0.6 is 11.8 Å². The van der Waals surface area contributed by atoms with Gasteiger partial charge < -0.3 is 5.73 Å². The lowest BCUT2D eigenvalue weighted by Gasteiger charge is -2.05. The molecule has 18 heavy (non-hydrogen) atoms. The first-order chi connectivity index (χ1) is 8.56. The molecule has 94 valence electrons. The van der Waals surface area contributed by atoms with Crippen molar-refractivity contribution >= 4 is 17.4 Å². The average Bonchev–Trinajstić information content (AvgIpc) is 2.30. The number of anilines is 1. The first kappa shape index (κ1) is 12.8. The number of nitrogen functional groups attached to an aromatic ring is 1. The Bertz CT molecular complexity index is 552. The third-order valence-electron chi connectivity index (χ3n) is 2.32. The maximum atomic E-state index is 13.4. The van der Waals surface area contributed by atoms with Gasteiger partial charge in [-0.3, -0.25) is 0 Å². The molecule has 0 saturated carbocycles. The van der Waals surface area contributed by atoms with Gasteiger partial charge in [0.05, 0.1) is 0 Å². The number of benzene rings is 2. The number of hydrogen-bond acceptors (Lipinski definition) is 2. The second kappa shape index (κ2) is 5.35. The monoisotopic (exact) mass is 269 g/mol. The van der Waals surface area contributed by atoms with Crippen LogP contribution in [0.1, 0.15) is 5.56 Å². The van der Waals surface area contributed by atoms with Gasteiger partial charge in [-0.2, -0.15) is 0 Å². The van der Waals surface area contributed by atoms with Crippen LogP contribution in [0.4, 0.5) is 18.9 Å². The number of nitrogens with two attached hydrogens (primary N) is 1. The van der Waals surface area contributed by atoms with Crippen LogP contribution in [0.2, 0.25) is 0 Å². The standard InChI is InChI=1S/C13H10F3NS/c14-9-4-10(17)6-11(5-9)18-7-8-2-1-3-12(15)13(8)16/h1-6H,7,17H2. The minimum absolute atomic E-state index is 0.215. The Morgan fingerprint density at radius 2 is 1.83 bits per heavy atom. The van der Waals surface area contributed by atoms with Crippen LogP contribution in [-0.4, -0.2) is 0 Å². The molecule has 0 unspecified atom stereocenters. The Hall–Kier alpha value is -1.62. The normalized spacial score (nSPS) is 10.6. The molecular formula is C13H10F3NS.